The highest BCUT2D eigenvalue weighted by atomic mass is 16.6. The van der Waals surface area contributed by atoms with Crippen molar-refractivity contribution in [3.8, 4) is 0 Å². The van der Waals surface area contributed by atoms with E-state index in [1.807, 2.05) is 0 Å². The van der Waals surface area contributed by atoms with Gasteiger partial charge in [0.05, 0.1) is 25.4 Å². The fraction of sp³-hybridized carbons (Fsp3) is 1.00. The normalized spacial score (nSPS) is 28.4. The Morgan fingerprint density at radius 1 is 1.29 bits per heavy atom. The van der Waals surface area contributed by atoms with Crippen LogP contribution in [0.4, 0.5) is 0 Å². The van der Waals surface area contributed by atoms with Crippen LogP contribution in [0.1, 0.15) is 27.2 Å². The molecular formula is C13H27NO3. The summed E-state index contributed by atoms with van der Waals surface area (Å²) < 4.78 is 16.7. The minimum atomic E-state index is 0.194. The maximum atomic E-state index is 5.75. The Morgan fingerprint density at radius 3 is 2.65 bits per heavy atom. The molecule has 0 aliphatic heterocycles. The van der Waals surface area contributed by atoms with Crippen molar-refractivity contribution in [3.63, 3.8) is 0 Å². The molecule has 0 radical (unpaired) electrons. The minimum absolute atomic E-state index is 0.194. The Labute approximate surface area is 105 Å². The van der Waals surface area contributed by atoms with Gasteiger partial charge in [-0.1, -0.05) is 20.8 Å². The van der Waals surface area contributed by atoms with Gasteiger partial charge in [0.25, 0.3) is 0 Å². The number of hydrogen-bond acceptors (Lipinski definition) is 4. The molecule has 1 saturated carbocycles. The molecule has 0 aromatic carbocycles. The van der Waals surface area contributed by atoms with E-state index < -0.39 is 0 Å². The van der Waals surface area contributed by atoms with Crippen LogP contribution in [0.15, 0.2) is 0 Å². The molecule has 4 heteroatoms. The number of rotatable bonds is 9. The molecule has 1 aliphatic carbocycles. The van der Waals surface area contributed by atoms with E-state index in [9.17, 15) is 0 Å². The molecular weight excluding hydrogens is 218 g/mol. The molecule has 0 amide bonds. The lowest BCUT2D eigenvalue weighted by Gasteiger charge is -2.43. The zero-order chi connectivity index (χ0) is 12.7. The number of methoxy groups -OCH3 is 1. The van der Waals surface area contributed by atoms with Crippen LogP contribution in [-0.4, -0.2) is 51.7 Å². The molecule has 3 unspecified atom stereocenters. The van der Waals surface area contributed by atoms with Gasteiger partial charge in [-0.25, -0.2) is 0 Å². The molecule has 3 atom stereocenters. The van der Waals surface area contributed by atoms with Crippen LogP contribution in [0.5, 0.6) is 0 Å². The van der Waals surface area contributed by atoms with E-state index in [1.54, 1.807) is 7.11 Å². The van der Waals surface area contributed by atoms with Crippen molar-refractivity contribution in [1.82, 2.24) is 5.32 Å². The standard InChI is InChI=1S/C13H27NO3/c1-5-14-11-8-12(13(11)15-4)17-7-6-16-9-10(2)3/h10-14H,5-9H2,1-4H3. The number of nitrogens with one attached hydrogen (secondary N) is 1. The summed E-state index contributed by atoms with van der Waals surface area (Å²) in [5.41, 5.74) is 0. The van der Waals surface area contributed by atoms with Gasteiger partial charge < -0.3 is 19.5 Å². The second-order valence-electron chi connectivity index (χ2n) is 4.98. The van der Waals surface area contributed by atoms with Gasteiger partial charge in [-0.2, -0.15) is 0 Å². The van der Waals surface area contributed by atoms with Crippen molar-refractivity contribution in [2.45, 2.75) is 45.4 Å². The lowest BCUT2D eigenvalue weighted by Crippen LogP contribution is -2.59. The van der Waals surface area contributed by atoms with Gasteiger partial charge in [-0.15, -0.1) is 0 Å². The zero-order valence-electron chi connectivity index (χ0n) is 11.6. The summed E-state index contributed by atoms with van der Waals surface area (Å²) in [6.45, 7) is 9.54. The van der Waals surface area contributed by atoms with E-state index in [-0.39, 0.29) is 12.2 Å². The highest BCUT2D eigenvalue weighted by molar-refractivity contribution is 4.96. The minimum Gasteiger partial charge on any atom is -0.379 e. The Bertz CT molecular complexity index is 199. The van der Waals surface area contributed by atoms with Crippen molar-refractivity contribution in [2.75, 3.05) is 33.5 Å². The Hall–Kier alpha value is -0.160. The van der Waals surface area contributed by atoms with Gasteiger partial charge in [0.1, 0.15) is 0 Å². The summed E-state index contributed by atoms with van der Waals surface area (Å²) in [6, 6.07) is 0.451. The molecule has 102 valence electrons. The SMILES string of the molecule is CCNC1CC(OCCOCC(C)C)C1OC. The van der Waals surface area contributed by atoms with Crippen molar-refractivity contribution < 1.29 is 14.2 Å². The molecule has 0 heterocycles. The summed E-state index contributed by atoms with van der Waals surface area (Å²) >= 11 is 0. The van der Waals surface area contributed by atoms with E-state index >= 15 is 0 Å². The van der Waals surface area contributed by atoms with Gasteiger partial charge in [0, 0.05) is 19.8 Å². The molecule has 1 fully saturated rings. The third-order valence-electron chi connectivity index (χ3n) is 3.00. The topological polar surface area (TPSA) is 39.7 Å². The van der Waals surface area contributed by atoms with E-state index in [1.165, 1.54) is 0 Å². The second kappa shape index (κ2) is 8.03. The monoisotopic (exact) mass is 245 g/mol. The van der Waals surface area contributed by atoms with Crippen LogP contribution in [-0.2, 0) is 14.2 Å². The molecule has 1 N–H and O–H groups in total. The Morgan fingerprint density at radius 2 is 2.06 bits per heavy atom. The third-order valence-corrected chi connectivity index (χ3v) is 3.00. The highest BCUT2D eigenvalue weighted by Crippen LogP contribution is 2.26. The van der Waals surface area contributed by atoms with E-state index in [0.29, 0.717) is 25.2 Å². The summed E-state index contributed by atoms with van der Waals surface area (Å²) in [7, 11) is 1.75. The smallest absolute Gasteiger partial charge is 0.0986 e. The van der Waals surface area contributed by atoms with Crippen LogP contribution in [0, 0.1) is 5.92 Å². The van der Waals surface area contributed by atoms with Crippen LogP contribution in [0.25, 0.3) is 0 Å². The van der Waals surface area contributed by atoms with Gasteiger partial charge >= 0.3 is 0 Å². The van der Waals surface area contributed by atoms with Crippen LogP contribution >= 0.6 is 0 Å². The van der Waals surface area contributed by atoms with E-state index in [2.05, 4.69) is 26.1 Å². The summed E-state index contributed by atoms with van der Waals surface area (Å²) in [5, 5.41) is 3.39. The first-order valence-corrected chi connectivity index (χ1v) is 6.64. The predicted octanol–water partition coefficient (Wildman–Crippen LogP) is 1.44. The largest absolute Gasteiger partial charge is 0.379 e. The Kier molecular flexibility index (Phi) is 7.04. The molecule has 4 nitrogen and oxygen atoms in total. The summed E-state index contributed by atoms with van der Waals surface area (Å²) in [5.74, 6) is 0.587. The van der Waals surface area contributed by atoms with Crippen molar-refractivity contribution in [1.29, 1.82) is 0 Å². The first-order chi connectivity index (χ1) is 8.19. The molecule has 0 aromatic heterocycles. The molecule has 0 aromatic rings. The van der Waals surface area contributed by atoms with Crippen molar-refractivity contribution in [3.05, 3.63) is 0 Å². The number of ether oxygens (including phenoxy) is 3. The van der Waals surface area contributed by atoms with Gasteiger partial charge in [-0.05, 0) is 18.9 Å². The molecule has 1 aliphatic rings. The van der Waals surface area contributed by atoms with Crippen LogP contribution in [0.2, 0.25) is 0 Å². The molecule has 0 saturated heterocycles. The quantitative estimate of drug-likeness (QED) is 0.624. The number of likely N-dealkylation sites (N-methyl/N-ethyl adjacent to an activating group) is 1. The fourth-order valence-electron chi connectivity index (χ4n) is 2.10. The zero-order valence-corrected chi connectivity index (χ0v) is 11.6. The van der Waals surface area contributed by atoms with Crippen molar-refractivity contribution in [2.24, 2.45) is 5.92 Å². The molecule has 0 bridgehead atoms. The summed E-state index contributed by atoms with van der Waals surface area (Å²) in [6.07, 6.45) is 1.46. The van der Waals surface area contributed by atoms with Crippen molar-refractivity contribution >= 4 is 0 Å². The van der Waals surface area contributed by atoms with Gasteiger partial charge in [-0.3, -0.25) is 0 Å². The average Bonchev–Trinajstić information content (AvgIpc) is 2.26. The van der Waals surface area contributed by atoms with E-state index in [4.69, 9.17) is 14.2 Å². The maximum absolute atomic E-state index is 5.75. The van der Waals surface area contributed by atoms with Crippen LogP contribution < -0.4 is 5.32 Å². The highest BCUT2D eigenvalue weighted by Gasteiger charge is 2.41. The fourth-order valence-corrected chi connectivity index (χ4v) is 2.10. The first kappa shape index (κ1) is 14.9. The average molecular weight is 245 g/mol. The summed E-state index contributed by atoms with van der Waals surface area (Å²) in [4.78, 5) is 0. The maximum Gasteiger partial charge on any atom is 0.0986 e. The third kappa shape index (κ3) is 4.92. The van der Waals surface area contributed by atoms with Crippen LogP contribution in [0.3, 0.4) is 0 Å². The first-order valence-electron chi connectivity index (χ1n) is 6.64. The number of hydrogen-bond donors (Lipinski definition) is 1. The second-order valence-corrected chi connectivity index (χ2v) is 4.98. The molecule has 1 rings (SSSR count). The van der Waals surface area contributed by atoms with Gasteiger partial charge in [0.15, 0.2) is 0 Å². The molecule has 17 heavy (non-hydrogen) atoms. The van der Waals surface area contributed by atoms with E-state index in [0.717, 1.165) is 19.6 Å². The Balaban J connectivity index is 2.04. The predicted molar refractivity (Wildman–Crippen MR) is 68.3 cm³/mol. The lowest BCUT2D eigenvalue weighted by molar-refractivity contribution is -0.140. The van der Waals surface area contributed by atoms with Gasteiger partial charge in [0.2, 0.25) is 0 Å². The molecule has 0 spiro atoms. The lowest BCUT2D eigenvalue weighted by atomic mass is 9.85.